The van der Waals surface area contributed by atoms with Gasteiger partial charge in [-0.3, -0.25) is 9.00 Å². The zero-order valence-corrected chi connectivity index (χ0v) is 10.1. The summed E-state index contributed by atoms with van der Waals surface area (Å²) in [5.41, 5.74) is 0. The van der Waals surface area contributed by atoms with Gasteiger partial charge in [-0.15, -0.1) is 0 Å². The van der Waals surface area contributed by atoms with Gasteiger partial charge in [0.15, 0.2) is 0 Å². The maximum Gasteiger partial charge on any atom is 0.327 e. The van der Waals surface area contributed by atoms with Gasteiger partial charge in [0.25, 0.3) is 0 Å². The molecule has 1 aliphatic carbocycles. The molecule has 0 saturated heterocycles. The van der Waals surface area contributed by atoms with Crippen molar-refractivity contribution in [2.75, 3.05) is 11.5 Å². The highest BCUT2D eigenvalue weighted by Crippen LogP contribution is 2.26. The van der Waals surface area contributed by atoms with Gasteiger partial charge in [-0.25, -0.2) is 4.79 Å². The van der Waals surface area contributed by atoms with Crippen molar-refractivity contribution in [2.24, 2.45) is 5.92 Å². The lowest BCUT2D eigenvalue weighted by Gasteiger charge is -2.25. The predicted molar refractivity (Wildman–Crippen MR) is 60.5 cm³/mol. The SMILES string of the molecule is CC(=O)N[C@@H](CS(=O)CC1CCC1)C(=O)O. The Hall–Kier alpha value is -0.910. The fourth-order valence-electron chi connectivity index (χ4n) is 1.60. The summed E-state index contributed by atoms with van der Waals surface area (Å²) in [6, 6.07) is -1.03. The van der Waals surface area contributed by atoms with E-state index in [1.807, 2.05) is 0 Å². The standard InChI is InChI=1S/C10H17NO4S/c1-7(12)11-9(10(13)14)6-16(15)5-8-3-2-4-8/h8-9H,2-6H2,1H3,(H,11,12)(H,13,14)/t9-,16?/m0/s1. The first-order valence-electron chi connectivity index (χ1n) is 5.34. The van der Waals surface area contributed by atoms with E-state index in [9.17, 15) is 13.8 Å². The van der Waals surface area contributed by atoms with Crippen molar-refractivity contribution in [3.05, 3.63) is 0 Å². The summed E-state index contributed by atoms with van der Waals surface area (Å²) in [6.07, 6.45) is 3.35. The van der Waals surface area contributed by atoms with Gasteiger partial charge in [-0.05, 0) is 18.8 Å². The van der Waals surface area contributed by atoms with Gasteiger partial charge in [0.1, 0.15) is 6.04 Å². The maximum absolute atomic E-state index is 11.6. The van der Waals surface area contributed by atoms with Crippen LogP contribution in [0.3, 0.4) is 0 Å². The Morgan fingerprint density at radius 3 is 2.50 bits per heavy atom. The molecule has 6 heteroatoms. The molecule has 92 valence electrons. The van der Waals surface area contributed by atoms with Crippen molar-refractivity contribution in [3.8, 4) is 0 Å². The van der Waals surface area contributed by atoms with Crippen LogP contribution in [-0.2, 0) is 20.4 Å². The average Bonchev–Trinajstić information content (AvgIpc) is 2.09. The molecule has 0 aliphatic heterocycles. The zero-order valence-electron chi connectivity index (χ0n) is 9.27. The number of hydrogen-bond donors (Lipinski definition) is 2. The Morgan fingerprint density at radius 1 is 1.50 bits per heavy atom. The molecule has 5 nitrogen and oxygen atoms in total. The highest BCUT2D eigenvalue weighted by atomic mass is 32.2. The number of nitrogens with one attached hydrogen (secondary N) is 1. The molecule has 1 aliphatic rings. The van der Waals surface area contributed by atoms with Crippen LogP contribution in [0.25, 0.3) is 0 Å². The molecule has 1 amide bonds. The summed E-state index contributed by atoms with van der Waals surface area (Å²) >= 11 is 0. The van der Waals surface area contributed by atoms with Gasteiger partial charge in [0.2, 0.25) is 5.91 Å². The smallest absolute Gasteiger partial charge is 0.327 e. The number of aliphatic carboxylic acids is 1. The topological polar surface area (TPSA) is 83.5 Å². The van der Waals surface area contributed by atoms with Crippen molar-refractivity contribution in [1.82, 2.24) is 5.32 Å². The number of hydrogen-bond acceptors (Lipinski definition) is 3. The second-order valence-electron chi connectivity index (χ2n) is 4.16. The van der Waals surface area contributed by atoms with E-state index in [4.69, 9.17) is 5.11 Å². The van der Waals surface area contributed by atoms with Crippen molar-refractivity contribution >= 4 is 22.7 Å². The van der Waals surface area contributed by atoms with Crippen LogP contribution >= 0.6 is 0 Å². The third kappa shape index (κ3) is 4.30. The molecule has 0 spiro atoms. The summed E-state index contributed by atoms with van der Waals surface area (Å²) in [5.74, 6) is -0.493. The molecule has 0 aromatic rings. The van der Waals surface area contributed by atoms with Crippen LogP contribution in [0.1, 0.15) is 26.2 Å². The Balaban J connectivity index is 2.37. The molecule has 0 heterocycles. The van der Waals surface area contributed by atoms with E-state index in [1.165, 1.54) is 13.3 Å². The molecule has 1 fully saturated rings. The highest BCUT2D eigenvalue weighted by Gasteiger charge is 2.25. The largest absolute Gasteiger partial charge is 0.480 e. The van der Waals surface area contributed by atoms with Gasteiger partial charge in [-0.1, -0.05) is 6.42 Å². The van der Waals surface area contributed by atoms with Crippen LogP contribution in [0.5, 0.6) is 0 Å². The van der Waals surface area contributed by atoms with Crippen LogP contribution in [0.15, 0.2) is 0 Å². The van der Waals surface area contributed by atoms with E-state index < -0.39 is 28.7 Å². The monoisotopic (exact) mass is 247 g/mol. The fourth-order valence-corrected chi connectivity index (χ4v) is 3.19. The van der Waals surface area contributed by atoms with E-state index in [0.717, 1.165) is 12.8 Å². The minimum absolute atomic E-state index is 0.00537. The van der Waals surface area contributed by atoms with Crippen molar-refractivity contribution < 1.29 is 18.9 Å². The van der Waals surface area contributed by atoms with Gasteiger partial charge in [-0.2, -0.15) is 0 Å². The second-order valence-corrected chi connectivity index (χ2v) is 5.71. The molecular weight excluding hydrogens is 230 g/mol. The lowest BCUT2D eigenvalue weighted by molar-refractivity contribution is -0.140. The van der Waals surface area contributed by atoms with Crippen molar-refractivity contribution in [3.63, 3.8) is 0 Å². The molecule has 1 saturated carbocycles. The normalized spacial score (nSPS) is 19.6. The summed E-state index contributed by atoms with van der Waals surface area (Å²) < 4.78 is 11.6. The first-order chi connectivity index (χ1) is 7.49. The number of amides is 1. The number of carboxylic acid groups (broad SMARTS) is 1. The Bertz CT molecular complexity index is 301. The molecule has 2 N–H and O–H groups in total. The van der Waals surface area contributed by atoms with Crippen molar-refractivity contribution in [2.45, 2.75) is 32.2 Å². The van der Waals surface area contributed by atoms with Crippen LogP contribution in [0.4, 0.5) is 0 Å². The second kappa shape index (κ2) is 5.98. The minimum Gasteiger partial charge on any atom is -0.480 e. The third-order valence-electron chi connectivity index (χ3n) is 2.67. The first kappa shape index (κ1) is 13.2. The minimum atomic E-state index is -1.16. The Kier molecular flexibility index (Phi) is 4.92. The number of carboxylic acids is 1. The maximum atomic E-state index is 11.6. The first-order valence-corrected chi connectivity index (χ1v) is 6.82. The van der Waals surface area contributed by atoms with Gasteiger partial charge >= 0.3 is 5.97 Å². The summed E-state index contributed by atoms with van der Waals surface area (Å²) in [4.78, 5) is 21.5. The van der Waals surface area contributed by atoms with Gasteiger partial charge in [0, 0.05) is 23.5 Å². The van der Waals surface area contributed by atoms with E-state index in [-0.39, 0.29) is 5.75 Å². The summed E-state index contributed by atoms with van der Waals surface area (Å²) in [5, 5.41) is 11.1. The lowest BCUT2D eigenvalue weighted by atomic mass is 9.87. The van der Waals surface area contributed by atoms with E-state index in [1.54, 1.807) is 0 Å². The van der Waals surface area contributed by atoms with Gasteiger partial charge < -0.3 is 10.4 Å². The van der Waals surface area contributed by atoms with E-state index >= 15 is 0 Å². The van der Waals surface area contributed by atoms with E-state index in [0.29, 0.717) is 11.7 Å². The molecule has 0 aromatic heterocycles. The number of rotatable bonds is 6. The lowest BCUT2D eigenvalue weighted by Crippen LogP contribution is -2.44. The van der Waals surface area contributed by atoms with Crippen LogP contribution < -0.4 is 5.32 Å². The molecule has 2 atom stereocenters. The van der Waals surface area contributed by atoms with Crippen molar-refractivity contribution in [1.29, 1.82) is 0 Å². The number of carbonyl (C=O) groups is 2. The summed E-state index contributed by atoms with van der Waals surface area (Å²) in [7, 11) is -1.16. The Labute approximate surface area is 97.1 Å². The predicted octanol–water partition coefficient (Wildman–Crippen LogP) is 0.124. The number of carbonyl (C=O) groups excluding carboxylic acids is 1. The van der Waals surface area contributed by atoms with Crippen LogP contribution in [0, 0.1) is 5.92 Å². The molecule has 1 unspecified atom stereocenters. The molecule has 0 aromatic carbocycles. The summed E-state index contributed by atoms with van der Waals surface area (Å²) in [6.45, 7) is 1.25. The molecular formula is C10H17NO4S. The average molecular weight is 247 g/mol. The molecule has 16 heavy (non-hydrogen) atoms. The quantitative estimate of drug-likeness (QED) is 0.698. The molecule has 0 radical (unpaired) electrons. The van der Waals surface area contributed by atoms with Gasteiger partial charge in [0.05, 0.1) is 5.75 Å². The zero-order chi connectivity index (χ0) is 12.1. The van der Waals surface area contributed by atoms with Crippen LogP contribution in [0.2, 0.25) is 0 Å². The molecule has 1 rings (SSSR count). The molecule has 0 bridgehead atoms. The third-order valence-corrected chi connectivity index (χ3v) is 4.22. The highest BCUT2D eigenvalue weighted by molar-refractivity contribution is 7.85. The Morgan fingerprint density at radius 2 is 2.12 bits per heavy atom. The van der Waals surface area contributed by atoms with E-state index in [2.05, 4.69) is 5.32 Å². The van der Waals surface area contributed by atoms with Crippen LogP contribution in [-0.4, -0.2) is 38.7 Å². The fraction of sp³-hybridized carbons (Fsp3) is 0.800.